The van der Waals surface area contributed by atoms with Crippen molar-refractivity contribution in [2.45, 2.75) is 11.3 Å². The number of fused-ring (bicyclic) bond motifs is 1. The fraction of sp³-hybridized carbons (Fsp3) is 0.143. The van der Waals surface area contributed by atoms with Crippen LogP contribution < -0.4 is 0 Å². The molecule has 1 atom stereocenters. The van der Waals surface area contributed by atoms with E-state index >= 15 is 0 Å². The molecule has 1 aromatic carbocycles. The van der Waals surface area contributed by atoms with Crippen molar-refractivity contribution in [3.63, 3.8) is 0 Å². The Morgan fingerprint density at radius 2 is 1.84 bits per heavy atom. The van der Waals surface area contributed by atoms with Gasteiger partial charge in [-0.2, -0.15) is 0 Å². The van der Waals surface area contributed by atoms with E-state index < -0.39 is 6.10 Å². The molecular formula is C14H13N3OS. The average molecular weight is 271 g/mol. The molecule has 96 valence electrons. The van der Waals surface area contributed by atoms with Gasteiger partial charge in [-0.25, -0.2) is 0 Å². The minimum atomic E-state index is -0.498. The number of aliphatic hydroxyl groups is 1. The molecule has 0 bridgehead atoms. The first kappa shape index (κ1) is 12.2. The highest BCUT2D eigenvalue weighted by Crippen LogP contribution is 2.23. The summed E-state index contributed by atoms with van der Waals surface area (Å²) < 4.78 is 1.92. The molecule has 3 rings (SSSR count). The van der Waals surface area contributed by atoms with Crippen molar-refractivity contribution in [1.82, 2.24) is 14.6 Å². The van der Waals surface area contributed by atoms with E-state index in [9.17, 15) is 5.11 Å². The standard InChI is InChI=1S/C14H13N3OS/c18-12(11-6-2-1-3-7-11)10-19-14-16-15-13-8-4-5-9-17(13)14/h1-9,12,18H,10H2. The molecule has 2 heterocycles. The van der Waals surface area contributed by atoms with Crippen molar-refractivity contribution < 1.29 is 5.11 Å². The summed E-state index contributed by atoms with van der Waals surface area (Å²) in [5.74, 6) is 0.555. The Labute approximate surface area is 115 Å². The molecule has 0 radical (unpaired) electrons. The highest BCUT2D eigenvalue weighted by molar-refractivity contribution is 7.99. The third kappa shape index (κ3) is 2.62. The fourth-order valence-electron chi connectivity index (χ4n) is 1.84. The summed E-state index contributed by atoms with van der Waals surface area (Å²) in [5, 5.41) is 19.1. The molecule has 1 unspecified atom stereocenters. The lowest BCUT2D eigenvalue weighted by Crippen LogP contribution is -2.01. The first-order valence-corrected chi connectivity index (χ1v) is 6.99. The monoisotopic (exact) mass is 271 g/mol. The van der Waals surface area contributed by atoms with Crippen molar-refractivity contribution in [3.8, 4) is 0 Å². The van der Waals surface area contributed by atoms with Crippen LogP contribution in [0.3, 0.4) is 0 Å². The average Bonchev–Trinajstić information content (AvgIpc) is 2.89. The number of aliphatic hydroxyl groups excluding tert-OH is 1. The number of nitrogens with zero attached hydrogens (tertiary/aromatic N) is 3. The normalized spacial score (nSPS) is 12.7. The second kappa shape index (κ2) is 5.42. The second-order valence-corrected chi connectivity index (χ2v) is 5.14. The van der Waals surface area contributed by atoms with Crippen LogP contribution in [0.4, 0.5) is 0 Å². The van der Waals surface area contributed by atoms with Crippen LogP contribution >= 0.6 is 11.8 Å². The minimum absolute atomic E-state index is 0.498. The zero-order valence-corrected chi connectivity index (χ0v) is 11.0. The van der Waals surface area contributed by atoms with Crippen molar-refractivity contribution in [2.75, 3.05) is 5.75 Å². The SMILES string of the molecule is OC(CSc1nnc2ccccn12)c1ccccc1. The van der Waals surface area contributed by atoms with Gasteiger partial charge in [0, 0.05) is 11.9 Å². The van der Waals surface area contributed by atoms with Gasteiger partial charge in [0.15, 0.2) is 10.8 Å². The van der Waals surface area contributed by atoms with E-state index in [1.54, 1.807) is 0 Å². The number of aromatic nitrogens is 3. The first-order chi connectivity index (χ1) is 9.34. The summed E-state index contributed by atoms with van der Waals surface area (Å²) in [6.07, 6.45) is 1.43. The number of pyridine rings is 1. The number of hydrogen-bond acceptors (Lipinski definition) is 4. The Kier molecular flexibility index (Phi) is 3.48. The lowest BCUT2D eigenvalue weighted by Gasteiger charge is -2.09. The molecule has 5 heteroatoms. The van der Waals surface area contributed by atoms with Crippen LogP contribution in [-0.2, 0) is 0 Å². The molecule has 0 aliphatic heterocycles. The summed E-state index contributed by atoms with van der Waals surface area (Å²) in [6, 6.07) is 15.4. The molecule has 4 nitrogen and oxygen atoms in total. The fourth-order valence-corrected chi connectivity index (χ4v) is 2.73. The molecule has 0 aliphatic carbocycles. The molecule has 0 saturated heterocycles. The molecule has 0 aliphatic rings. The maximum atomic E-state index is 10.1. The van der Waals surface area contributed by atoms with Gasteiger partial charge in [-0.05, 0) is 17.7 Å². The maximum absolute atomic E-state index is 10.1. The molecule has 0 fully saturated rings. The Morgan fingerprint density at radius 1 is 1.05 bits per heavy atom. The second-order valence-electron chi connectivity index (χ2n) is 4.15. The summed E-state index contributed by atoms with van der Waals surface area (Å²) in [5.41, 5.74) is 1.74. The van der Waals surface area contributed by atoms with E-state index in [0.29, 0.717) is 5.75 Å². The van der Waals surface area contributed by atoms with E-state index in [1.165, 1.54) is 11.8 Å². The summed E-state index contributed by atoms with van der Waals surface area (Å²) >= 11 is 1.50. The third-order valence-electron chi connectivity index (χ3n) is 2.84. The number of hydrogen-bond donors (Lipinski definition) is 1. The topological polar surface area (TPSA) is 50.4 Å². The Morgan fingerprint density at radius 3 is 2.68 bits per heavy atom. The zero-order valence-electron chi connectivity index (χ0n) is 10.2. The van der Waals surface area contributed by atoms with Gasteiger partial charge in [0.25, 0.3) is 0 Å². The highest BCUT2D eigenvalue weighted by atomic mass is 32.2. The highest BCUT2D eigenvalue weighted by Gasteiger charge is 2.11. The maximum Gasteiger partial charge on any atom is 0.195 e. The van der Waals surface area contributed by atoms with E-state index in [4.69, 9.17) is 0 Å². The Balaban J connectivity index is 1.73. The van der Waals surface area contributed by atoms with Gasteiger partial charge in [-0.15, -0.1) is 10.2 Å². The van der Waals surface area contributed by atoms with Gasteiger partial charge in [-0.3, -0.25) is 4.40 Å². The first-order valence-electron chi connectivity index (χ1n) is 6.00. The van der Waals surface area contributed by atoms with E-state index in [1.807, 2.05) is 59.1 Å². The number of thioether (sulfide) groups is 1. The van der Waals surface area contributed by atoms with Gasteiger partial charge in [-0.1, -0.05) is 48.2 Å². The van der Waals surface area contributed by atoms with Gasteiger partial charge in [0.2, 0.25) is 0 Å². The van der Waals surface area contributed by atoms with E-state index in [2.05, 4.69) is 10.2 Å². The lowest BCUT2D eigenvalue weighted by molar-refractivity contribution is 0.204. The predicted octanol–water partition coefficient (Wildman–Crippen LogP) is 2.56. The quantitative estimate of drug-likeness (QED) is 0.741. The van der Waals surface area contributed by atoms with Crippen LogP contribution in [0.15, 0.2) is 59.9 Å². The molecule has 0 saturated carbocycles. The van der Waals surface area contributed by atoms with Crippen LogP contribution in [0.25, 0.3) is 5.65 Å². The summed E-state index contributed by atoms with van der Waals surface area (Å²) in [6.45, 7) is 0. The molecule has 19 heavy (non-hydrogen) atoms. The molecule has 3 aromatic rings. The Hall–Kier alpha value is -1.85. The lowest BCUT2D eigenvalue weighted by atomic mass is 10.1. The van der Waals surface area contributed by atoms with Crippen LogP contribution in [0, 0.1) is 0 Å². The molecule has 1 N–H and O–H groups in total. The van der Waals surface area contributed by atoms with Crippen molar-refractivity contribution >= 4 is 17.4 Å². The third-order valence-corrected chi connectivity index (χ3v) is 3.86. The minimum Gasteiger partial charge on any atom is -0.388 e. The van der Waals surface area contributed by atoms with Gasteiger partial charge in [0.05, 0.1) is 6.10 Å². The zero-order chi connectivity index (χ0) is 13.1. The van der Waals surface area contributed by atoms with Crippen LogP contribution in [0.2, 0.25) is 0 Å². The van der Waals surface area contributed by atoms with Crippen LogP contribution in [0.5, 0.6) is 0 Å². The van der Waals surface area contributed by atoms with Crippen molar-refractivity contribution in [3.05, 3.63) is 60.3 Å². The largest absolute Gasteiger partial charge is 0.388 e. The number of benzene rings is 1. The van der Waals surface area contributed by atoms with Crippen molar-refractivity contribution in [1.29, 1.82) is 0 Å². The van der Waals surface area contributed by atoms with Crippen LogP contribution in [-0.4, -0.2) is 25.5 Å². The van der Waals surface area contributed by atoms with Gasteiger partial charge >= 0.3 is 0 Å². The van der Waals surface area contributed by atoms with E-state index in [0.717, 1.165) is 16.4 Å². The molecule has 0 amide bonds. The van der Waals surface area contributed by atoms with Gasteiger partial charge < -0.3 is 5.11 Å². The molecular weight excluding hydrogens is 258 g/mol. The van der Waals surface area contributed by atoms with E-state index in [-0.39, 0.29) is 0 Å². The predicted molar refractivity (Wildman–Crippen MR) is 75.1 cm³/mol. The Bertz CT molecular complexity index is 669. The molecule has 0 spiro atoms. The summed E-state index contributed by atoms with van der Waals surface area (Å²) in [4.78, 5) is 0. The van der Waals surface area contributed by atoms with Crippen LogP contribution in [0.1, 0.15) is 11.7 Å². The number of rotatable bonds is 4. The van der Waals surface area contributed by atoms with Crippen molar-refractivity contribution in [2.24, 2.45) is 0 Å². The summed E-state index contributed by atoms with van der Waals surface area (Å²) in [7, 11) is 0. The van der Waals surface area contributed by atoms with Gasteiger partial charge in [0.1, 0.15) is 0 Å². The molecule has 2 aromatic heterocycles. The smallest absolute Gasteiger partial charge is 0.195 e.